The lowest BCUT2D eigenvalue weighted by atomic mass is 10.1. The Hall–Kier alpha value is -2.36. The zero-order chi connectivity index (χ0) is 22.2. The number of rotatable bonds is 5. The maximum atomic E-state index is 13.0. The summed E-state index contributed by atoms with van der Waals surface area (Å²) in [6, 6.07) is 11.2. The van der Waals surface area contributed by atoms with Gasteiger partial charge < -0.3 is 9.73 Å². The largest absolute Gasteiger partial charge is 0.446 e. The molecule has 164 valence electrons. The Kier molecular flexibility index (Phi) is 6.09. The molecule has 1 aliphatic rings. The third kappa shape index (κ3) is 4.63. The molecule has 0 radical (unpaired) electrons. The Labute approximate surface area is 183 Å². The number of benzene rings is 2. The summed E-state index contributed by atoms with van der Waals surface area (Å²) in [6.07, 6.45) is -3.36. The molecular weight excluding hydrogens is 453 g/mol. The van der Waals surface area contributed by atoms with E-state index in [4.69, 9.17) is 16.0 Å². The first-order valence-electron chi connectivity index (χ1n) is 9.54. The number of hydrogen-bond donors (Lipinski definition) is 1. The second-order valence-electron chi connectivity index (χ2n) is 7.17. The number of furan rings is 1. The van der Waals surface area contributed by atoms with E-state index >= 15 is 0 Å². The number of para-hydroxylation sites is 1. The molecule has 0 saturated carbocycles. The SMILES string of the molecule is O=C(NCc1cc(C(F)(F)F)ccc1Cl)C1CCCN1S(=O)c1cc2ccccc2o1. The molecule has 1 saturated heterocycles. The van der Waals surface area contributed by atoms with Crippen molar-refractivity contribution in [3.63, 3.8) is 0 Å². The van der Waals surface area contributed by atoms with Crippen molar-refractivity contribution in [3.05, 3.63) is 64.7 Å². The van der Waals surface area contributed by atoms with Crippen LogP contribution in [0.5, 0.6) is 0 Å². The van der Waals surface area contributed by atoms with Crippen LogP contribution in [-0.4, -0.2) is 27.0 Å². The molecule has 2 atom stereocenters. The average molecular weight is 471 g/mol. The van der Waals surface area contributed by atoms with Crippen molar-refractivity contribution in [1.29, 1.82) is 0 Å². The van der Waals surface area contributed by atoms with Crippen molar-refractivity contribution in [3.8, 4) is 0 Å². The van der Waals surface area contributed by atoms with Gasteiger partial charge in [0.2, 0.25) is 11.0 Å². The first-order valence-corrected chi connectivity index (χ1v) is 11.0. The van der Waals surface area contributed by atoms with Crippen LogP contribution in [0.25, 0.3) is 11.0 Å². The van der Waals surface area contributed by atoms with Gasteiger partial charge in [-0.1, -0.05) is 29.8 Å². The number of amides is 1. The number of hydrogen-bond acceptors (Lipinski definition) is 3. The summed E-state index contributed by atoms with van der Waals surface area (Å²) in [5, 5.41) is 3.82. The van der Waals surface area contributed by atoms with Crippen LogP contribution in [-0.2, 0) is 28.5 Å². The molecule has 4 rings (SSSR count). The van der Waals surface area contributed by atoms with Crippen LogP contribution in [0.2, 0.25) is 5.02 Å². The van der Waals surface area contributed by atoms with Crippen LogP contribution < -0.4 is 5.32 Å². The van der Waals surface area contributed by atoms with E-state index in [-0.39, 0.29) is 22.2 Å². The molecule has 2 unspecified atom stereocenters. The van der Waals surface area contributed by atoms with E-state index in [2.05, 4.69) is 5.32 Å². The minimum absolute atomic E-state index is 0.127. The van der Waals surface area contributed by atoms with Crippen molar-refractivity contribution >= 4 is 39.5 Å². The fourth-order valence-electron chi connectivity index (χ4n) is 3.55. The van der Waals surface area contributed by atoms with Gasteiger partial charge in [-0.3, -0.25) is 4.79 Å². The zero-order valence-electron chi connectivity index (χ0n) is 16.1. The monoisotopic (exact) mass is 470 g/mol. The summed E-state index contributed by atoms with van der Waals surface area (Å²) in [7, 11) is -1.68. The number of carbonyl (C=O) groups is 1. The predicted octanol–water partition coefficient (Wildman–Crippen LogP) is 4.91. The van der Waals surface area contributed by atoms with Crippen LogP contribution in [0, 0.1) is 0 Å². The Balaban J connectivity index is 1.46. The molecule has 1 aromatic heterocycles. The van der Waals surface area contributed by atoms with Gasteiger partial charge in [-0.25, -0.2) is 8.51 Å². The topological polar surface area (TPSA) is 62.6 Å². The molecule has 2 aromatic carbocycles. The highest BCUT2D eigenvalue weighted by molar-refractivity contribution is 7.82. The minimum Gasteiger partial charge on any atom is -0.446 e. The maximum Gasteiger partial charge on any atom is 0.416 e. The Morgan fingerprint density at radius 2 is 2.00 bits per heavy atom. The lowest BCUT2D eigenvalue weighted by Gasteiger charge is -2.21. The summed E-state index contributed by atoms with van der Waals surface area (Å²) in [5.41, 5.74) is -0.0762. The molecular formula is C21H18ClF3N2O3S. The van der Waals surface area contributed by atoms with Crippen molar-refractivity contribution in [2.45, 2.75) is 36.7 Å². The van der Waals surface area contributed by atoms with Crippen molar-refractivity contribution in [2.75, 3.05) is 6.54 Å². The van der Waals surface area contributed by atoms with Gasteiger partial charge in [0, 0.05) is 29.6 Å². The summed E-state index contributed by atoms with van der Waals surface area (Å²) < 4.78 is 59.1. The maximum absolute atomic E-state index is 13.0. The molecule has 31 heavy (non-hydrogen) atoms. The number of halogens is 4. The molecule has 1 aliphatic heterocycles. The normalized spacial score (nSPS) is 18.4. The quantitative estimate of drug-likeness (QED) is 0.576. The van der Waals surface area contributed by atoms with Crippen molar-refractivity contribution in [2.24, 2.45) is 0 Å². The molecule has 2 heterocycles. The van der Waals surface area contributed by atoms with Gasteiger partial charge in [0.05, 0.1) is 5.56 Å². The highest BCUT2D eigenvalue weighted by Gasteiger charge is 2.36. The Bertz CT molecular complexity index is 1120. The second kappa shape index (κ2) is 8.64. The standard InChI is InChI=1S/C21H18ClF3N2O3S/c22-16-8-7-15(21(23,24)25)10-14(16)12-26-20(28)17-5-3-9-27(17)31(29)19-11-13-4-1-2-6-18(13)30-19/h1-2,4,6-8,10-11,17H,3,5,9,12H2,(H,26,28). The molecule has 1 fully saturated rings. The number of nitrogens with zero attached hydrogens (tertiary/aromatic N) is 1. The van der Waals surface area contributed by atoms with Crippen molar-refractivity contribution < 1.29 is 26.6 Å². The van der Waals surface area contributed by atoms with Gasteiger partial charge in [0.15, 0.2) is 11.0 Å². The highest BCUT2D eigenvalue weighted by atomic mass is 35.5. The first kappa shape index (κ1) is 21.9. The Morgan fingerprint density at radius 1 is 1.23 bits per heavy atom. The van der Waals surface area contributed by atoms with E-state index in [1.54, 1.807) is 16.4 Å². The minimum atomic E-state index is -4.50. The number of carbonyl (C=O) groups excluding carboxylic acids is 1. The fourth-order valence-corrected chi connectivity index (χ4v) is 5.08. The first-order chi connectivity index (χ1) is 14.7. The van der Waals surface area contributed by atoms with Crippen LogP contribution in [0.3, 0.4) is 0 Å². The smallest absolute Gasteiger partial charge is 0.416 e. The van der Waals surface area contributed by atoms with E-state index in [9.17, 15) is 22.2 Å². The summed E-state index contributed by atoms with van der Waals surface area (Å²) >= 11 is 6.00. The fraction of sp³-hybridized carbons (Fsp3) is 0.286. The van der Waals surface area contributed by atoms with E-state index < -0.39 is 34.7 Å². The van der Waals surface area contributed by atoms with Crippen molar-refractivity contribution in [1.82, 2.24) is 9.62 Å². The third-order valence-corrected chi connectivity index (χ3v) is 6.90. The summed E-state index contributed by atoms with van der Waals surface area (Å²) in [5.74, 6) is -0.421. The van der Waals surface area contributed by atoms with Crippen LogP contribution in [0.1, 0.15) is 24.0 Å². The molecule has 5 nitrogen and oxygen atoms in total. The molecule has 1 amide bonds. The van der Waals surface area contributed by atoms with E-state index in [1.165, 1.54) is 0 Å². The number of alkyl halides is 3. The van der Waals surface area contributed by atoms with Crippen LogP contribution in [0.15, 0.2) is 58.0 Å². The van der Waals surface area contributed by atoms with Gasteiger partial charge in [-0.05, 0) is 42.7 Å². The lowest BCUT2D eigenvalue weighted by molar-refractivity contribution is -0.137. The van der Waals surface area contributed by atoms with E-state index in [0.29, 0.717) is 25.0 Å². The number of fused-ring (bicyclic) bond motifs is 1. The lowest BCUT2D eigenvalue weighted by Crippen LogP contribution is -2.43. The van der Waals surface area contributed by atoms with Gasteiger partial charge in [0.1, 0.15) is 11.6 Å². The van der Waals surface area contributed by atoms with E-state index in [1.807, 2.05) is 18.2 Å². The zero-order valence-corrected chi connectivity index (χ0v) is 17.7. The summed E-state index contributed by atoms with van der Waals surface area (Å²) in [4.78, 5) is 12.7. The third-order valence-electron chi connectivity index (χ3n) is 5.12. The van der Waals surface area contributed by atoms with E-state index in [0.717, 1.165) is 23.6 Å². The van der Waals surface area contributed by atoms with Gasteiger partial charge in [-0.2, -0.15) is 13.2 Å². The molecule has 1 N–H and O–H groups in total. The van der Waals surface area contributed by atoms with Crippen LogP contribution in [0.4, 0.5) is 13.2 Å². The Morgan fingerprint density at radius 3 is 2.74 bits per heavy atom. The van der Waals surface area contributed by atoms with Gasteiger partial charge >= 0.3 is 6.18 Å². The van der Waals surface area contributed by atoms with Gasteiger partial charge in [0.25, 0.3) is 0 Å². The molecule has 0 aliphatic carbocycles. The van der Waals surface area contributed by atoms with Gasteiger partial charge in [-0.15, -0.1) is 0 Å². The average Bonchev–Trinajstić information content (AvgIpc) is 3.38. The van der Waals surface area contributed by atoms with Crippen LogP contribution >= 0.6 is 11.6 Å². The molecule has 0 spiro atoms. The summed E-state index contributed by atoms with van der Waals surface area (Å²) in [6.45, 7) is 0.273. The molecule has 3 aromatic rings. The number of nitrogens with one attached hydrogen (secondary N) is 1. The predicted molar refractivity (Wildman–Crippen MR) is 111 cm³/mol. The molecule has 10 heteroatoms. The second-order valence-corrected chi connectivity index (χ2v) is 8.95. The highest BCUT2D eigenvalue weighted by Crippen LogP contribution is 2.32. The molecule has 0 bridgehead atoms.